The molecule has 1 aromatic carbocycles. The number of rotatable bonds is 5. The Morgan fingerprint density at radius 3 is 1.75 bits per heavy atom. The Bertz CT molecular complexity index is 868. The molecule has 0 unspecified atom stereocenters. The number of hydrogen-bond acceptors (Lipinski definition) is 9. The maximum atomic E-state index is 11.2. The molecule has 2 aromatic rings. The normalized spacial score (nSPS) is 10.4. The van der Waals surface area contributed by atoms with Crippen molar-refractivity contribution in [3.8, 4) is 11.1 Å². The van der Waals surface area contributed by atoms with E-state index in [2.05, 4.69) is 5.10 Å². The van der Waals surface area contributed by atoms with Crippen molar-refractivity contribution < 1.29 is 19.7 Å². The van der Waals surface area contributed by atoms with Gasteiger partial charge in [0.15, 0.2) is 0 Å². The van der Waals surface area contributed by atoms with E-state index in [1.807, 2.05) is 0 Å². The first kappa shape index (κ1) is 16.4. The van der Waals surface area contributed by atoms with Crippen molar-refractivity contribution in [1.82, 2.24) is 9.78 Å². The van der Waals surface area contributed by atoms with E-state index >= 15 is 0 Å². The number of benzene rings is 1. The van der Waals surface area contributed by atoms with Crippen LogP contribution in [0.3, 0.4) is 0 Å². The monoisotopic (exact) mass is 338 g/mol. The van der Waals surface area contributed by atoms with Crippen LogP contribution in [0.15, 0.2) is 18.3 Å². The highest BCUT2D eigenvalue weighted by atomic mass is 16.6. The summed E-state index contributed by atoms with van der Waals surface area (Å²) < 4.78 is 0.947. The highest BCUT2D eigenvalue weighted by molar-refractivity contribution is 5.87. The molecule has 0 amide bonds. The van der Waals surface area contributed by atoms with Gasteiger partial charge in [0, 0.05) is 0 Å². The average molecular weight is 338 g/mol. The Morgan fingerprint density at radius 2 is 1.38 bits per heavy atom. The largest absolute Gasteiger partial charge is 0.398 e. The summed E-state index contributed by atoms with van der Waals surface area (Å²) in [7, 11) is 1.28. The summed E-state index contributed by atoms with van der Waals surface area (Å²) in [5, 5.41) is 47.7. The second-order valence-corrected chi connectivity index (χ2v) is 4.43. The molecule has 0 saturated heterocycles. The molecule has 1 heterocycles. The van der Waals surface area contributed by atoms with Gasteiger partial charge in [0.05, 0.1) is 45.2 Å². The summed E-state index contributed by atoms with van der Waals surface area (Å²) in [6, 6.07) is 0.998. The van der Waals surface area contributed by atoms with E-state index in [0.717, 1.165) is 10.9 Å². The summed E-state index contributed by atoms with van der Waals surface area (Å²) in [4.78, 5) is 40.0. The van der Waals surface area contributed by atoms with Gasteiger partial charge in [0.1, 0.15) is 11.1 Å². The molecular formula is C10H6N6O8. The molecule has 0 radical (unpaired) electrons. The highest BCUT2D eigenvalue weighted by Crippen LogP contribution is 2.43. The lowest BCUT2D eigenvalue weighted by Gasteiger charge is -2.02. The Kier molecular flexibility index (Phi) is 3.88. The van der Waals surface area contributed by atoms with Crippen LogP contribution in [0, 0.1) is 40.5 Å². The van der Waals surface area contributed by atoms with Crippen LogP contribution in [0.4, 0.5) is 22.9 Å². The van der Waals surface area contributed by atoms with Gasteiger partial charge < -0.3 is 10.1 Å². The van der Waals surface area contributed by atoms with Crippen molar-refractivity contribution >= 4 is 22.9 Å². The van der Waals surface area contributed by atoms with Crippen LogP contribution < -0.4 is 0 Å². The Labute approximate surface area is 130 Å². The van der Waals surface area contributed by atoms with E-state index in [0.29, 0.717) is 12.1 Å². The zero-order valence-electron chi connectivity index (χ0n) is 11.7. The fourth-order valence-electron chi connectivity index (χ4n) is 2.05. The lowest BCUT2D eigenvalue weighted by molar-refractivity contribution is -0.402. The molecule has 1 aromatic heterocycles. The average Bonchev–Trinajstić information content (AvgIpc) is 2.87. The summed E-state index contributed by atoms with van der Waals surface area (Å²) in [6.45, 7) is 0. The van der Waals surface area contributed by atoms with Gasteiger partial charge in [-0.3, -0.25) is 30.3 Å². The molecular weight excluding hydrogens is 332 g/mol. The standard InChI is InChI=1S/C10H6N6O8/c1-12-4-6(10(11-12)16(23)24)9-7(14(19)20)2-5(13(17)18)3-8(9)15(21)22/h2-4H,1H3. The number of nitrogens with zero attached hydrogens (tertiary/aromatic N) is 6. The third kappa shape index (κ3) is 2.70. The number of non-ortho nitro benzene ring substituents is 1. The van der Waals surface area contributed by atoms with Crippen molar-refractivity contribution in [2.75, 3.05) is 0 Å². The molecule has 124 valence electrons. The van der Waals surface area contributed by atoms with Gasteiger partial charge in [-0.05, 0) is 4.92 Å². The van der Waals surface area contributed by atoms with Crippen molar-refractivity contribution in [3.05, 3.63) is 58.8 Å². The number of nitro benzene ring substituents is 3. The summed E-state index contributed by atoms with van der Waals surface area (Å²) in [6.07, 6.45) is 0.985. The van der Waals surface area contributed by atoms with Crippen LogP contribution in [0.1, 0.15) is 0 Å². The molecule has 0 atom stereocenters. The van der Waals surface area contributed by atoms with E-state index in [4.69, 9.17) is 0 Å². The highest BCUT2D eigenvalue weighted by Gasteiger charge is 2.37. The molecule has 0 saturated carbocycles. The van der Waals surface area contributed by atoms with Gasteiger partial charge in [0.2, 0.25) is 0 Å². The van der Waals surface area contributed by atoms with Gasteiger partial charge in [-0.15, -0.1) is 0 Å². The number of aryl methyl sites for hydroxylation is 1. The third-order valence-corrected chi connectivity index (χ3v) is 2.94. The Hall–Kier alpha value is -3.97. The first-order valence-corrected chi connectivity index (χ1v) is 5.93. The zero-order valence-corrected chi connectivity index (χ0v) is 11.7. The minimum absolute atomic E-state index is 0.490. The molecule has 14 nitrogen and oxygen atoms in total. The predicted octanol–water partition coefficient (Wildman–Crippen LogP) is 1.72. The molecule has 0 fully saturated rings. The summed E-state index contributed by atoms with van der Waals surface area (Å²) >= 11 is 0. The van der Waals surface area contributed by atoms with Crippen LogP contribution in [0.2, 0.25) is 0 Å². The minimum Gasteiger partial charge on any atom is -0.358 e. The predicted molar refractivity (Wildman–Crippen MR) is 75.3 cm³/mol. The summed E-state index contributed by atoms with van der Waals surface area (Å²) in [5.41, 5.74) is -4.12. The quantitative estimate of drug-likeness (QED) is 0.576. The smallest absolute Gasteiger partial charge is 0.358 e. The van der Waals surface area contributed by atoms with Crippen LogP contribution in [0.25, 0.3) is 11.1 Å². The number of nitro groups is 4. The summed E-state index contributed by atoms with van der Waals surface area (Å²) in [5.74, 6) is -0.849. The van der Waals surface area contributed by atoms with Gasteiger partial charge in [-0.2, -0.15) is 4.68 Å². The van der Waals surface area contributed by atoms with Crippen molar-refractivity contribution in [2.45, 2.75) is 0 Å². The first-order chi connectivity index (χ1) is 11.1. The molecule has 0 aliphatic rings. The van der Waals surface area contributed by atoms with Gasteiger partial charge in [-0.1, -0.05) is 0 Å². The van der Waals surface area contributed by atoms with Gasteiger partial charge >= 0.3 is 5.82 Å². The second-order valence-electron chi connectivity index (χ2n) is 4.43. The van der Waals surface area contributed by atoms with E-state index in [9.17, 15) is 40.5 Å². The molecule has 2 rings (SSSR count). The van der Waals surface area contributed by atoms with Crippen molar-refractivity contribution in [1.29, 1.82) is 0 Å². The topological polar surface area (TPSA) is 190 Å². The number of aromatic nitrogens is 2. The number of hydrogen-bond donors (Lipinski definition) is 0. The van der Waals surface area contributed by atoms with Gasteiger partial charge in [0.25, 0.3) is 17.1 Å². The van der Waals surface area contributed by atoms with Crippen molar-refractivity contribution in [2.24, 2.45) is 7.05 Å². The maximum absolute atomic E-state index is 11.2. The maximum Gasteiger partial charge on any atom is 0.398 e. The van der Waals surface area contributed by atoms with Gasteiger partial charge in [-0.25, -0.2) is 0 Å². The van der Waals surface area contributed by atoms with Crippen LogP contribution >= 0.6 is 0 Å². The van der Waals surface area contributed by atoms with Crippen LogP contribution in [-0.4, -0.2) is 29.5 Å². The molecule has 14 heteroatoms. The van der Waals surface area contributed by atoms with E-state index in [-0.39, 0.29) is 0 Å². The first-order valence-electron chi connectivity index (χ1n) is 5.93. The van der Waals surface area contributed by atoms with Crippen LogP contribution in [0.5, 0.6) is 0 Å². The molecule has 0 bridgehead atoms. The fraction of sp³-hybridized carbons (Fsp3) is 0.100. The lowest BCUT2D eigenvalue weighted by atomic mass is 10.0. The molecule has 0 N–H and O–H groups in total. The zero-order chi connectivity index (χ0) is 18.2. The lowest BCUT2D eigenvalue weighted by Crippen LogP contribution is -2.01. The minimum atomic E-state index is -1.09. The van der Waals surface area contributed by atoms with Crippen LogP contribution in [-0.2, 0) is 7.05 Å². The second kappa shape index (κ2) is 5.67. The third-order valence-electron chi connectivity index (χ3n) is 2.94. The Balaban J connectivity index is 2.96. The molecule has 0 spiro atoms. The SMILES string of the molecule is Cn1cc(-c2c([N+](=O)[O-])cc([N+](=O)[O-])cc2[N+](=O)[O-])c([N+](=O)[O-])n1. The molecule has 0 aliphatic heterocycles. The van der Waals surface area contributed by atoms with Crippen molar-refractivity contribution in [3.63, 3.8) is 0 Å². The molecule has 24 heavy (non-hydrogen) atoms. The van der Waals surface area contributed by atoms with E-state index in [1.165, 1.54) is 7.05 Å². The van der Waals surface area contributed by atoms with E-state index in [1.54, 1.807) is 0 Å². The molecule has 0 aliphatic carbocycles. The Morgan fingerprint density at radius 1 is 0.875 bits per heavy atom. The fourth-order valence-corrected chi connectivity index (χ4v) is 2.05. The van der Waals surface area contributed by atoms with E-state index < -0.39 is 53.7 Å².